The van der Waals surface area contributed by atoms with E-state index in [-0.39, 0.29) is 64.1 Å². The molecule has 0 radical (unpaired) electrons. The van der Waals surface area contributed by atoms with E-state index in [2.05, 4.69) is 34.6 Å². The third-order valence-electron chi connectivity index (χ3n) is 16.5. The van der Waals surface area contributed by atoms with Gasteiger partial charge in [0.05, 0.1) is 31.5 Å². The van der Waals surface area contributed by atoms with Gasteiger partial charge in [-0.2, -0.15) is 0 Å². The van der Waals surface area contributed by atoms with Crippen LogP contribution in [0.15, 0.2) is 0 Å². The molecule has 21 atom stereocenters. The predicted octanol–water partition coefficient (Wildman–Crippen LogP) is 0.398. The van der Waals surface area contributed by atoms with E-state index in [0.29, 0.717) is 6.42 Å². The molecule has 0 aromatic heterocycles. The Morgan fingerprint density at radius 2 is 1.46 bits per heavy atom. The normalized spacial score (nSPS) is 61.3. The fraction of sp³-hybridized carbons (Fsp3) is 1.00. The highest BCUT2D eigenvalue weighted by molar-refractivity contribution is 5.33. The summed E-state index contributed by atoms with van der Waals surface area (Å²) in [5.74, 6) is 0.459. The molecule has 8 N–H and O–H groups in total. The second-order valence-corrected chi connectivity index (χ2v) is 18.8. The fourth-order valence-corrected chi connectivity index (χ4v) is 13.6. The van der Waals surface area contributed by atoms with E-state index in [1.54, 1.807) is 0 Å². The van der Waals surface area contributed by atoms with E-state index in [4.69, 9.17) is 23.7 Å². The molecule has 8 rings (SSSR count). The molecule has 5 saturated carbocycles. The molecule has 2 spiro atoms. The van der Waals surface area contributed by atoms with Crippen molar-refractivity contribution >= 4 is 0 Å². The van der Waals surface area contributed by atoms with Gasteiger partial charge in [-0.15, -0.1) is 0 Å². The van der Waals surface area contributed by atoms with Gasteiger partial charge in [0.1, 0.15) is 42.7 Å². The van der Waals surface area contributed by atoms with Crippen molar-refractivity contribution < 1.29 is 64.5 Å². The topological polar surface area (TPSA) is 208 Å². The highest BCUT2D eigenvalue weighted by atomic mass is 16.7. The molecular weight excluding hydrogens is 652 g/mol. The second-order valence-electron chi connectivity index (χ2n) is 18.8. The molecule has 4 unspecified atom stereocenters. The Morgan fingerprint density at radius 1 is 0.740 bits per heavy atom. The molecule has 13 heteroatoms. The fourth-order valence-electron chi connectivity index (χ4n) is 13.6. The molecule has 3 aliphatic heterocycles. The van der Waals surface area contributed by atoms with Crippen LogP contribution in [0.1, 0.15) is 86.0 Å². The minimum atomic E-state index is -1.55. The molecule has 0 aromatic carbocycles. The van der Waals surface area contributed by atoms with Gasteiger partial charge in [0, 0.05) is 5.92 Å². The molecule has 13 nitrogen and oxygen atoms in total. The first kappa shape index (κ1) is 36.5. The van der Waals surface area contributed by atoms with Crippen LogP contribution < -0.4 is 0 Å². The summed E-state index contributed by atoms with van der Waals surface area (Å²) >= 11 is 0. The first-order valence-corrected chi connectivity index (χ1v) is 19.1. The third-order valence-corrected chi connectivity index (χ3v) is 16.5. The lowest BCUT2D eigenvalue weighted by atomic mass is 9.41. The van der Waals surface area contributed by atoms with Crippen LogP contribution in [0.4, 0.5) is 0 Å². The van der Waals surface area contributed by atoms with Gasteiger partial charge >= 0.3 is 0 Å². The van der Waals surface area contributed by atoms with E-state index in [9.17, 15) is 40.9 Å². The maximum absolute atomic E-state index is 11.2. The molecule has 8 fully saturated rings. The number of fused-ring (bicyclic) bond motifs is 4. The van der Waals surface area contributed by atoms with Crippen molar-refractivity contribution in [3.63, 3.8) is 0 Å². The zero-order chi connectivity index (χ0) is 35.9. The Hall–Kier alpha value is -0.520. The van der Waals surface area contributed by atoms with E-state index in [1.165, 1.54) is 0 Å². The Morgan fingerprint density at radius 3 is 2.18 bits per heavy atom. The van der Waals surface area contributed by atoms with E-state index in [1.807, 2.05) is 0 Å². The Kier molecular flexibility index (Phi) is 8.74. The Labute approximate surface area is 294 Å². The SMILES string of the molecule is C[C@H]1C[C@H]2[C@H](C[C@@]3(C)C4C(OC5O[C@H](CO)[C@@H](O)[C@H](O)[C@H]5O)C[C@H]5C(C)(C)[C@@H](OC6OC[C@@H](O)[C@H](O)[C@H]6O)CC[C@@]56C[C@@]46CC[C@]23C)O[C@H]1O. The van der Waals surface area contributed by atoms with E-state index >= 15 is 0 Å². The number of aliphatic hydroxyl groups excluding tert-OH is 8. The summed E-state index contributed by atoms with van der Waals surface area (Å²) in [6.45, 7) is 10.5. The first-order valence-electron chi connectivity index (χ1n) is 19.1. The summed E-state index contributed by atoms with van der Waals surface area (Å²) in [5, 5.41) is 84.4. The van der Waals surface area contributed by atoms with Crippen molar-refractivity contribution in [2.45, 2.75) is 166 Å². The van der Waals surface area contributed by atoms with Crippen molar-refractivity contribution in [2.75, 3.05) is 13.2 Å². The summed E-state index contributed by atoms with van der Waals surface area (Å²) in [4.78, 5) is 0. The third kappa shape index (κ3) is 4.78. The van der Waals surface area contributed by atoms with E-state index < -0.39 is 79.7 Å². The van der Waals surface area contributed by atoms with Crippen molar-refractivity contribution in [1.82, 2.24) is 0 Å². The van der Waals surface area contributed by atoms with Crippen molar-refractivity contribution in [3.8, 4) is 0 Å². The van der Waals surface area contributed by atoms with Gasteiger partial charge in [0.15, 0.2) is 18.9 Å². The maximum Gasteiger partial charge on any atom is 0.186 e. The van der Waals surface area contributed by atoms with Crippen LogP contribution in [0, 0.1) is 50.7 Å². The highest BCUT2D eigenvalue weighted by Gasteiger charge is 2.85. The van der Waals surface area contributed by atoms with Gasteiger partial charge in [-0.1, -0.05) is 34.6 Å². The standard InChI is InChI=1S/C37H60O13/c1-16-10-17-20(47-30(16)45)12-35(5)29-19(48-32-28(44)26(42)25(41)21(13-38)49-32)11-22-33(2,3)23(50-31-27(43)24(40)18(39)14-46-31)6-7-36(22)15-37(29,36)9-8-34(17,35)4/h16-32,38-45H,6-15H2,1-5H3/t16-,17-,18+,19?,20-,21+,22-,23-,24-,25+,26-,27+,28+,29?,30+,31?,32?,34+,35-,36+,37-/m0/s1. The van der Waals surface area contributed by atoms with E-state index in [0.717, 1.165) is 44.9 Å². The summed E-state index contributed by atoms with van der Waals surface area (Å²) in [7, 11) is 0. The highest BCUT2D eigenvalue weighted by Crippen LogP contribution is 2.89. The number of rotatable bonds is 5. The molecule has 286 valence electrons. The monoisotopic (exact) mass is 712 g/mol. The Balaban J connectivity index is 1.15. The molecule has 0 bridgehead atoms. The lowest BCUT2D eigenvalue weighted by Crippen LogP contribution is -2.65. The molecule has 5 aliphatic carbocycles. The molecule has 0 aromatic rings. The zero-order valence-corrected chi connectivity index (χ0v) is 30.0. The minimum Gasteiger partial charge on any atom is -0.394 e. The first-order chi connectivity index (χ1) is 23.5. The quantitative estimate of drug-likeness (QED) is 0.182. The maximum atomic E-state index is 11.2. The molecule has 8 aliphatic rings. The summed E-state index contributed by atoms with van der Waals surface area (Å²) < 4.78 is 31.4. The molecule has 3 heterocycles. The zero-order valence-electron chi connectivity index (χ0n) is 30.0. The lowest BCUT2D eigenvalue weighted by molar-refractivity contribution is -0.335. The van der Waals surface area contributed by atoms with Crippen LogP contribution in [0.3, 0.4) is 0 Å². The van der Waals surface area contributed by atoms with Gasteiger partial charge in [0.25, 0.3) is 0 Å². The van der Waals surface area contributed by atoms with Crippen LogP contribution >= 0.6 is 0 Å². The van der Waals surface area contributed by atoms with Crippen LogP contribution in [-0.2, 0) is 23.7 Å². The lowest BCUT2D eigenvalue weighted by Gasteiger charge is -2.65. The van der Waals surface area contributed by atoms with Crippen molar-refractivity contribution in [3.05, 3.63) is 0 Å². The average Bonchev–Trinajstić information content (AvgIpc) is 3.67. The smallest absolute Gasteiger partial charge is 0.186 e. The van der Waals surface area contributed by atoms with Crippen LogP contribution in [0.5, 0.6) is 0 Å². The Bertz CT molecular complexity index is 1300. The van der Waals surface area contributed by atoms with Gasteiger partial charge in [-0.3, -0.25) is 0 Å². The van der Waals surface area contributed by atoms with Crippen molar-refractivity contribution in [2.24, 2.45) is 50.7 Å². The van der Waals surface area contributed by atoms with Crippen LogP contribution in [-0.4, -0.2) is 134 Å². The predicted molar refractivity (Wildman–Crippen MR) is 174 cm³/mol. The number of ether oxygens (including phenoxy) is 5. The van der Waals surface area contributed by atoms with Gasteiger partial charge in [0.2, 0.25) is 0 Å². The molecule has 50 heavy (non-hydrogen) atoms. The van der Waals surface area contributed by atoms with Crippen LogP contribution in [0.25, 0.3) is 0 Å². The van der Waals surface area contributed by atoms with Crippen molar-refractivity contribution in [1.29, 1.82) is 0 Å². The average molecular weight is 713 g/mol. The van der Waals surface area contributed by atoms with Gasteiger partial charge in [-0.05, 0) is 96.2 Å². The largest absolute Gasteiger partial charge is 0.394 e. The number of hydrogen-bond donors (Lipinski definition) is 8. The minimum absolute atomic E-state index is 0.00375. The summed E-state index contributed by atoms with van der Waals surface area (Å²) in [6, 6.07) is 0. The molecule has 3 saturated heterocycles. The summed E-state index contributed by atoms with van der Waals surface area (Å²) in [6.07, 6.45) is -6.59. The van der Waals surface area contributed by atoms with Gasteiger partial charge in [-0.25, -0.2) is 0 Å². The van der Waals surface area contributed by atoms with Crippen LogP contribution in [0.2, 0.25) is 0 Å². The molecular formula is C37H60O13. The van der Waals surface area contributed by atoms with Gasteiger partial charge < -0.3 is 64.5 Å². The molecule has 0 amide bonds. The number of aliphatic hydroxyl groups is 8. The second kappa shape index (κ2) is 12.0. The summed E-state index contributed by atoms with van der Waals surface area (Å²) in [5.41, 5.74) is -0.840. The number of hydrogen-bond acceptors (Lipinski definition) is 13.